The zero-order valence-electron chi connectivity index (χ0n) is 8.93. The third-order valence-corrected chi connectivity index (χ3v) is 4.20. The van der Waals surface area contributed by atoms with Crippen molar-refractivity contribution in [3.05, 3.63) is 36.5 Å². The summed E-state index contributed by atoms with van der Waals surface area (Å²) in [6.45, 7) is 0.360. The lowest BCUT2D eigenvalue weighted by Crippen LogP contribution is -2.25. The van der Waals surface area contributed by atoms with Gasteiger partial charge in [0.15, 0.2) is 0 Å². The minimum absolute atomic E-state index is 0.268. The Bertz CT molecular complexity index is 623. The summed E-state index contributed by atoms with van der Waals surface area (Å²) in [5.74, 6) is 0. The lowest BCUT2D eigenvalue weighted by molar-refractivity contribution is 0.585. The maximum atomic E-state index is 12.0. The van der Waals surface area contributed by atoms with Gasteiger partial charge in [-0.15, -0.1) is 0 Å². The van der Waals surface area contributed by atoms with Gasteiger partial charge in [0.1, 0.15) is 0 Å². The van der Waals surface area contributed by atoms with E-state index in [0.29, 0.717) is 22.8 Å². The Hall–Kier alpha value is -0.980. The Morgan fingerprint density at radius 1 is 1.24 bits per heavy atom. The van der Waals surface area contributed by atoms with Crippen LogP contribution in [0.1, 0.15) is 0 Å². The summed E-state index contributed by atoms with van der Waals surface area (Å²) >= 11 is 3.19. The van der Waals surface area contributed by atoms with Gasteiger partial charge in [-0.1, -0.05) is 22.0 Å². The number of sulfonamides is 1. The Morgan fingerprint density at radius 3 is 2.82 bits per heavy atom. The molecule has 0 fully saturated rings. The van der Waals surface area contributed by atoms with E-state index < -0.39 is 10.0 Å². The number of nitrogens with zero attached hydrogens (tertiary/aromatic N) is 1. The number of alkyl halides is 1. The number of halogens is 1. The zero-order valence-corrected chi connectivity index (χ0v) is 11.3. The van der Waals surface area contributed by atoms with E-state index in [1.807, 2.05) is 0 Å². The number of nitrogens with one attached hydrogen (secondary N) is 1. The third kappa shape index (κ3) is 2.65. The van der Waals surface area contributed by atoms with Crippen LogP contribution in [0, 0.1) is 0 Å². The van der Waals surface area contributed by atoms with Gasteiger partial charge in [0, 0.05) is 23.5 Å². The van der Waals surface area contributed by atoms with Crippen LogP contribution in [0.3, 0.4) is 0 Å². The van der Waals surface area contributed by atoms with Crippen LogP contribution < -0.4 is 4.72 Å². The molecule has 1 heterocycles. The Labute approximate surface area is 108 Å². The average Bonchev–Trinajstić information content (AvgIpc) is 2.36. The monoisotopic (exact) mass is 314 g/mol. The smallest absolute Gasteiger partial charge is 0.241 e. The molecule has 6 heteroatoms. The predicted octanol–water partition coefficient (Wildman–Crippen LogP) is 1.91. The third-order valence-electron chi connectivity index (χ3n) is 2.28. The molecule has 1 aromatic heterocycles. The van der Waals surface area contributed by atoms with E-state index in [4.69, 9.17) is 0 Å². The zero-order chi connectivity index (χ0) is 12.3. The molecular formula is C11H11BrN2O2S. The molecule has 0 spiro atoms. The van der Waals surface area contributed by atoms with Gasteiger partial charge in [-0.3, -0.25) is 4.98 Å². The fraction of sp³-hybridized carbons (Fsp3) is 0.182. The number of rotatable bonds is 4. The highest BCUT2D eigenvalue weighted by Crippen LogP contribution is 2.20. The van der Waals surface area contributed by atoms with Crippen LogP contribution >= 0.6 is 15.9 Å². The van der Waals surface area contributed by atoms with Crippen LogP contribution in [0.15, 0.2) is 41.4 Å². The van der Waals surface area contributed by atoms with Crippen molar-refractivity contribution in [2.45, 2.75) is 4.90 Å². The second-order valence-corrected chi connectivity index (χ2v) is 5.94. The first kappa shape index (κ1) is 12.5. The summed E-state index contributed by atoms with van der Waals surface area (Å²) < 4.78 is 26.6. The van der Waals surface area contributed by atoms with Gasteiger partial charge in [-0.05, 0) is 24.3 Å². The maximum absolute atomic E-state index is 12.0. The van der Waals surface area contributed by atoms with E-state index in [1.165, 1.54) is 0 Å². The van der Waals surface area contributed by atoms with Crippen LogP contribution in [0.5, 0.6) is 0 Å². The number of benzene rings is 1. The van der Waals surface area contributed by atoms with E-state index in [-0.39, 0.29) is 4.90 Å². The fourth-order valence-electron chi connectivity index (χ4n) is 1.56. The van der Waals surface area contributed by atoms with Gasteiger partial charge >= 0.3 is 0 Å². The molecule has 0 aliphatic heterocycles. The minimum Gasteiger partial charge on any atom is -0.256 e. The Morgan fingerprint density at radius 2 is 2.06 bits per heavy atom. The van der Waals surface area contributed by atoms with E-state index in [1.54, 1.807) is 36.5 Å². The number of pyridine rings is 1. The summed E-state index contributed by atoms with van der Waals surface area (Å²) in [4.78, 5) is 4.40. The topological polar surface area (TPSA) is 59.1 Å². The molecule has 0 saturated carbocycles. The van der Waals surface area contributed by atoms with Crippen molar-refractivity contribution in [3.63, 3.8) is 0 Å². The van der Waals surface area contributed by atoms with E-state index in [2.05, 4.69) is 25.6 Å². The molecule has 0 amide bonds. The minimum atomic E-state index is -3.47. The van der Waals surface area contributed by atoms with Gasteiger partial charge in [-0.2, -0.15) is 0 Å². The molecule has 0 aliphatic carbocycles. The largest absolute Gasteiger partial charge is 0.256 e. The molecule has 0 aliphatic rings. The highest BCUT2D eigenvalue weighted by Gasteiger charge is 2.16. The van der Waals surface area contributed by atoms with Crippen molar-refractivity contribution in [2.24, 2.45) is 0 Å². The summed E-state index contributed by atoms with van der Waals surface area (Å²) in [7, 11) is -3.47. The molecule has 1 N–H and O–H groups in total. The summed E-state index contributed by atoms with van der Waals surface area (Å²) in [6.07, 6.45) is 1.64. The van der Waals surface area contributed by atoms with E-state index in [9.17, 15) is 8.42 Å². The van der Waals surface area contributed by atoms with Crippen molar-refractivity contribution in [2.75, 3.05) is 11.9 Å². The van der Waals surface area contributed by atoms with Crippen LogP contribution in [-0.4, -0.2) is 25.3 Å². The van der Waals surface area contributed by atoms with Crippen LogP contribution in [-0.2, 0) is 10.0 Å². The molecule has 4 nitrogen and oxygen atoms in total. The standard InChI is InChI=1S/C11H11BrN2O2S/c12-6-8-14-17(15,16)11-5-1-4-10-9(11)3-2-7-13-10/h1-5,7,14H,6,8H2. The maximum Gasteiger partial charge on any atom is 0.241 e. The molecule has 2 aromatic rings. The number of fused-ring (bicyclic) bond motifs is 1. The van der Waals surface area contributed by atoms with Gasteiger partial charge < -0.3 is 0 Å². The van der Waals surface area contributed by atoms with Gasteiger partial charge in [-0.25, -0.2) is 13.1 Å². The van der Waals surface area contributed by atoms with Gasteiger partial charge in [0.25, 0.3) is 0 Å². The molecule has 17 heavy (non-hydrogen) atoms. The molecule has 0 saturated heterocycles. The van der Waals surface area contributed by atoms with E-state index in [0.717, 1.165) is 0 Å². The highest BCUT2D eigenvalue weighted by molar-refractivity contribution is 9.09. The lowest BCUT2D eigenvalue weighted by Gasteiger charge is -2.07. The van der Waals surface area contributed by atoms with Crippen molar-refractivity contribution in [1.29, 1.82) is 0 Å². The molecule has 0 unspecified atom stereocenters. The normalized spacial score (nSPS) is 11.8. The summed E-state index contributed by atoms with van der Waals surface area (Å²) in [6, 6.07) is 8.55. The first-order valence-corrected chi connectivity index (χ1v) is 7.65. The quantitative estimate of drug-likeness (QED) is 0.877. The van der Waals surface area contributed by atoms with Crippen LogP contribution in [0.2, 0.25) is 0 Å². The summed E-state index contributed by atoms with van der Waals surface area (Å²) in [5.41, 5.74) is 0.675. The predicted molar refractivity (Wildman–Crippen MR) is 70.7 cm³/mol. The molecule has 0 bridgehead atoms. The number of hydrogen-bond donors (Lipinski definition) is 1. The Balaban J connectivity index is 2.55. The number of hydrogen-bond acceptors (Lipinski definition) is 3. The average molecular weight is 315 g/mol. The van der Waals surface area contributed by atoms with Crippen LogP contribution in [0.4, 0.5) is 0 Å². The molecule has 1 aromatic carbocycles. The summed E-state index contributed by atoms with van der Waals surface area (Å²) in [5, 5.41) is 1.21. The van der Waals surface area contributed by atoms with Crippen molar-refractivity contribution >= 4 is 36.9 Å². The first-order chi connectivity index (χ1) is 8.15. The van der Waals surface area contributed by atoms with E-state index >= 15 is 0 Å². The van der Waals surface area contributed by atoms with Crippen molar-refractivity contribution in [1.82, 2.24) is 9.71 Å². The molecule has 0 atom stereocenters. The van der Waals surface area contributed by atoms with Gasteiger partial charge in [0.05, 0.1) is 10.4 Å². The fourth-order valence-corrected chi connectivity index (χ4v) is 3.27. The van der Waals surface area contributed by atoms with Gasteiger partial charge in [0.2, 0.25) is 10.0 Å². The SMILES string of the molecule is O=S(=O)(NCCBr)c1cccc2ncccc12. The molecule has 2 rings (SSSR count). The molecule has 0 radical (unpaired) electrons. The number of aromatic nitrogens is 1. The van der Waals surface area contributed by atoms with Crippen molar-refractivity contribution in [3.8, 4) is 0 Å². The second-order valence-electron chi connectivity index (χ2n) is 3.41. The highest BCUT2D eigenvalue weighted by atomic mass is 79.9. The van der Waals surface area contributed by atoms with Crippen LogP contribution in [0.25, 0.3) is 10.9 Å². The van der Waals surface area contributed by atoms with Crippen molar-refractivity contribution < 1.29 is 8.42 Å². The second kappa shape index (κ2) is 5.12. The molecular weight excluding hydrogens is 304 g/mol. The Kier molecular flexibility index (Phi) is 3.76. The molecule has 90 valence electrons. The first-order valence-electron chi connectivity index (χ1n) is 5.04. The lowest BCUT2D eigenvalue weighted by atomic mass is 10.2.